The van der Waals surface area contributed by atoms with Crippen molar-refractivity contribution in [3.05, 3.63) is 59.9 Å². The summed E-state index contributed by atoms with van der Waals surface area (Å²) in [5, 5.41) is 9.13. The summed E-state index contributed by atoms with van der Waals surface area (Å²) < 4.78 is 1.97. The van der Waals surface area contributed by atoms with Crippen LogP contribution in [0.3, 0.4) is 0 Å². The van der Waals surface area contributed by atoms with Gasteiger partial charge >= 0.3 is 0 Å². The summed E-state index contributed by atoms with van der Waals surface area (Å²) in [5.74, 6) is 0.490. The molecule has 2 aromatic heterocycles. The molecule has 0 aliphatic carbocycles. The van der Waals surface area contributed by atoms with Crippen molar-refractivity contribution in [2.75, 3.05) is 0 Å². The zero-order chi connectivity index (χ0) is 14.1. The van der Waals surface area contributed by atoms with Crippen LogP contribution in [-0.2, 0) is 0 Å². The molecule has 0 saturated heterocycles. The van der Waals surface area contributed by atoms with Gasteiger partial charge in [0, 0.05) is 11.8 Å². The quantitative estimate of drug-likeness (QED) is 0.699. The SMILES string of the molecule is CC(C)c1cccc(-c2cnc3c(C#N)cccn23)c1. The summed E-state index contributed by atoms with van der Waals surface area (Å²) >= 11 is 0. The number of fused-ring (bicyclic) bond motifs is 1. The zero-order valence-corrected chi connectivity index (χ0v) is 11.5. The zero-order valence-electron chi connectivity index (χ0n) is 11.5. The molecule has 0 spiro atoms. The fourth-order valence-electron chi connectivity index (χ4n) is 2.37. The van der Waals surface area contributed by atoms with Crippen LogP contribution in [0.15, 0.2) is 48.8 Å². The van der Waals surface area contributed by atoms with Crippen LogP contribution < -0.4 is 0 Å². The maximum atomic E-state index is 9.13. The van der Waals surface area contributed by atoms with Crippen molar-refractivity contribution in [2.24, 2.45) is 0 Å². The number of hydrogen-bond acceptors (Lipinski definition) is 2. The molecule has 3 nitrogen and oxygen atoms in total. The summed E-state index contributed by atoms with van der Waals surface area (Å²) in [5.41, 5.74) is 4.74. The van der Waals surface area contributed by atoms with Crippen molar-refractivity contribution >= 4 is 5.65 Å². The Morgan fingerprint density at radius 3 is 2.80 bits per heavy atom. The fourth-order valence-corrected chi connectivity index (χ4v) is 2.37. The van der Waals surface area contributed by atoms with Crippen molar-refractivity contribution < 1.29 is 0 Å². The van der Waals surface area contributed by atoms with E-state index in [2.05, 4.69) is 49.2 Å². The van der Waals surface area contributed by atoms with E-state index >= 15 is 0 Å². The number of nitrogens with zero attached hydrogens (tertiary/aromatic N) is 3. The minimum Gasteiger partial charge on any atom is -0.299 e. The van der Waals surface area contributed by atoms with Crippen molar-refractivity contribution in [2.45, 2.75) is 19.8 Å². The lowest BCUT2D eigenvalue weighted by Crippen LogP contribution is -1.92. The maximum absolute atomic E-state index is 9.13. The predicted molar refractivity (Wildman–Crippen MR) is 79.4 cm³/mol. The van der Waals surface area contributed by atoms with Crippen LogP contribution in [0.5, 0.6) is 0 Å². The van der Waals surface area contributed by atoms with E-state index in [0.29, 0.717) is 17.1 Å². The highest BCUT2D eigenvalue weighted by Gasteiger charge is 2.09. The van der Waals surface area contributed by atoms with Crippen molar-refractivity contribution in [3.63, 3.8) is 0 Å². The summed E-state index contributed by atoms with van der Waals surface area (Å²) in [6.45, 7) is 4.36. The molecule has 3 heteroatoms. The Kier molecular flexibility index (Phi) is 3.00. The first-order valence-electron chi connectivity index (χ1n) is 6.67. The molecule has 0 aliphatic rings. The highest BCUT2D eigenvalue weighted by Crippen LogP contribution is 2.25. The molecular formula is C17H15N3. The van der Waals surface area contributed by atoms with Crippen molar-refractivity contribution in [1.82, 2.24) is 9.38 Å². The lowest BCUT2D eigenvalue weighted by molar-refractivity contribution is 0.867. The molecule has 3 rings (SSSR count). The highest BCUT2D eigenvalue weighted by molar-refractivity contribution is 5.67. The Bertz CT molecular complexity index is 806. The molecule has 0 saturated carbocycles. The molecule has 0 bridgehead atoms. The fraction of sp³-hybridized carbons (Fsp3) is 0.176. The molecule has 0 fully saturated rings. The first-order valence-corrected chi connectivity index (χ1v) is 6.67. The van der Waals surface area contributed by atoms with Gasteiger partial charge in [0.05, 0.1) is 17.5 Å². The number of imidazole rings is 1. The lowest BCUT2D eigenvalue weighted by Gasteiger charge is -2.08. The molecular weight excluding hydrogens is 246 g/mol. The maximum Gasteiger partial charge on any atom is 0.155 e. The Morgan fingerprint density at radius 2 is 2.05 bits per heavy atom. The average molecular weight is 261 g/mol. The predicted octanol–water partition coefficient (Wildman–Crippen LogP) is 4.00. The molecule has 0 aliphatic heterocycles. The first kappa shape index (κ1) is 12.4. The monoisotopic (exact) mass is 261 g/mol. The van der Waals surface area contributed by atoms with Gasteiger partial charge in [0.15, 0.2) is 5.65 Å². The molecule has 0 N–H and O–H groups in total. The number of rotatable bonds is 2. The van der Waals surface area contributed by atoms with Crippen molar-refractivity contribution in [3.8, 4) is 17.3 Å². The Balaban J connectivity index is 2.21. The molecule has 0 unspecified atom stereocenters. The molecule has 1 aromatic carbocycles. The standard InChI is InChI=1S/C17H15N3/c1-12(2)13-5-3-6-14(9-13)16-11-19-17-15(10-18)7-4-8-20(16)17/h3-9,11-12H,1-2H3. The van der Waals surface area contributed by atoms with E-state index in [9.17, 15) is 0 Å². The van der Waals surface area contributed by atoms with Crippen LogP contribution in [0, 0.1) is 11.3 Å². The van der Waals surface area contributed by atoms with Gasteiger partial charge < -0.3 is 0 Å². The van der Waals surface area contributed by atoms with E-state index in [4.69, 9.17) is 5.26 Å². The number of nitriles is 1. The van der Waals surface area contributed by atoms with E-state index in [1.165, 1.54) is 5.56 Å². The Morgan fingerprint density at radius 1 is 1.20 bits per heavy atom. The van der Waals surface area contributed by atoms with Crippen molar-refractivity contribution in [1.29, 1.82) is 5.26 Å². The number of pyridine rings is 1. The highest BCUT2D eigenvalue weighted by atomic mass is 15.0. The summed E-state index contributed by atoms with van der Waals surface area (Å²) in [6.07, 6.45) is 3.77. The van der Waals surface area contributed by atoms with Crippen LogP contribution in [0.4, 0.5) is 0 Å². The van der Waals surface area contributed by atoms with E-state index in [-0.39, 0.29) is 0 Å². The normalized spacial score (nSPS) is 10.9. The summed E-state index contributed by atoms with van der Waals surface area (Å²) in [6, 6.07) is 14.3. The second-order valence-corrected chi connectivity index (χ2v) is 5.15. The van der Waals surface area contributed by atoms with E-state index < -0.39 is 0 Å². The van der Waals surface area contributed by atoms with Gasteiger partial charge in [-0.15, -0.1) is 0 Å². The van der Waals surface area contributed by atoms with Crippen LogP contribution in [0.2, 0.25) is 0 Å². The van der Waals surface area contributed by atoms with Gasteiger partial charge in [-0.25, -0.2) is 4.98 Å². The molecule has 0 amide bonds. The summed E-state index contributed by atoms with van der Waals surface area (Å²) in [7, 11) is 0. The third-order valence-electron chi connectivity index (χ3n) is 3.51. The van der Waals surface area contributed by atoms with Gasteiger partial charge in [0.25, 0.3) is 0 Å². The smallest absolute Gasteiger partial charge is 0.155 e. The van der Waals surface area contributed by atoms with E-state index in [0.717, 1.165) is 11.3 Å². The first-order chi connectivity index (χ1) is 9.70. The Hall–Kier alpha value is -2.60. The van der Waals surface area contributed by atoms with Gasteiger partial charge in [-0.05, 0) is 29.7 Å². The third-order valence-corrected chi connectivity index (χ3v) is 3.51. The third kappa shape index (κ3) is 1.96. The topological polar surface area (TPSA) is 41.1 Å². The van der Waals surface area contributed by atoms with Gasteiger partial charge in [0.2, 0.25) is 0 Å². The van der Waals surface area contributed by atoms with E-state index in [1.807, 2.05) is 22.9 Å². The van der Waals surface area contributed by atoms with Gasteiger partial charge in [-0.1, -0.05) is 32.0 Å². The molecule has 2 heterocycles. The van der Waals surface area contributed by atoms with Crippen LogP contribution in [0.25, 0.3) is 16.9 Å². The Labute approximate surface area is 118 Å². The van der Waals surface area contributed by atoms with Crippen LogP contribution in [-0.4, -0.2) is 9.38 Å². The van der Waals surface area contributed by atoms with Crippen LogP contribution in [0.1, 0.15) is 30.9 Å². The minimum atomic E-state index is 0.490. The van der Waals surface area contributed by atoms with Crippen LogP contribution >= 0.6 is 0 Å². The second-order valence-electron chi connectivity index (χ2n) is 5.15. The molecule has 98 valence electrons. The number of benzene rings is 1. The van der Waals surface area contributed by atoms with Gasteiger partial charge in [-0.2, -0.15) is 5.26 Å². The molecule has 20 heavy (non-hydrogen) atoms. The largest absolute Gasteiger partial charge is 0.299 e. The average Bonchev–Trinajstić information content (AvgIpc) is 2.91. The second kappa shape index (κ2) is 4.82. The molecule has 0 radical (unpaired) electrons. The lowest BCUT2D eigenvalue weighted by atomic mass is 10.00. The minimum absolute atomic E-state index is 0.490. The number of hydrogen-bond donors (Lipinski definition) is 0. The number of aromatic nitrogens is 2. The van der Waals surface area contributed by atoms with E-state index in [1.54, 1.807) is 6.07 Å². The summed E-state index contributed by atoms with van der Waals surface area (Å²) in [4.78, 5) is 4.38. The molecule has 0 atom stereocenters. The van der Waals surface area contributed by atoms with Gasteiger partial charge in [0.1, 0.15) is 6.07 Å². The molecule has 3 aromatic rings. The van der Waals surface area contributed by atoms with Gasteiger partial charge in [-0.3, -0.25) is 4.40 Å².